The first-order chi connectivity index (χ1) is 9.88. The lowest BCUT2D eigenvalue weighted by molar-refractivity contribution is 0.338. The van der Waals surface area contributed by atoms with Crippen molar-refractivity contribution in [2.45, 2.75) is 51.5 Å². The van der Waals surface area contributed by atoms with Crippen LogP contribution in [0.3, 0.4) is 0 Å². The average Bonchev–Trinajstić information content (AvgIpc) is 2.75. The van der Waals surface area contributed by atoms with E-state index in [4.69, 9.17) is 0 Å². The second-order valence-electron chi connectivity index (χ2n) is 6.02. The Balaban J connectivity index is 1.80. The van der Waals surface area contributed by atoms with Gasteiger partial charge in [-0.15, -0.1) is 11.3 Å². The molecule has 3 rings (SSSR count). The van der Waals surface area contributed by atoms with Crippen LogP contribution in [0.25, 0.3) is 10.1 Å². The average molecular weight is 287 g/mol. The van der Waals surface area contributed by atoms with Crippen molar-refractivity contribution in [3.05, 3.63) is 35.2 Å². The number of nitrogens with one attached hydrogen (secondary N) is 1. The van der Waals surface area contributed by atoms with Crippen LogP contribution in [0.5, 0.6) is 0 Å². The van der Waals surface area contributed by atoms with Crippen LogP contribution in [0.2, 0.25) is 0 Å². The van der Waals surface area contributed by atoms with Crippen LogP contribution in [0.4, 0.5) is 0 Å². The minimum atomic E-state index is 0.723. The van der Waals surface area contributed by atoms with Gasteiger partial charge in [0.2, 0.25) is 0 Å². The van der Waals surface area contributed by atoms with Crippen molar-refractivity contribution in [1.29, 1.82) is 0 Å². The lowest BCUT2D eigenvalue weighted by atomic mass is 9.88. The monoisotopic (exact) mass is 287 g/mol. The molecule has 1 aliphatic rings. The summed E-state index contributed by atoms with van der Waals surface area (Å²) >= 11 is 1.90. The van der Waals surface area contributed by atoms with Crippen LogP contribution in [-0.4, -0.2) is 12.6 Å². The molecule has 1 heterocycles. The Hall–Kier alpha value is -0.860. The summed E-state index contributed by atoms with van der Waals surface area (Å²) in [7, 11) is 0. The summed E-state index contributed by atoms with van der Waals surface area (Å²) in [6.07, 6.45) is 8.24. The van der Waals surface area contributed by atoms with E-state index in [0.29, 0.717) is 0 Å². The van der Waals surface area contributed by atoms with Crippen molar-refractivity contribution in [3.63, 3.8) is 0 Å². The third-order valence-electron chi connectivity index (χ3n) is 4.67. The molecule has 0 aliphatic heterocycles. The highest BCUT2D eigenvalue weighted by atomic mass is 32.1. The fourth-order valence-electron chi connectivity index (χ4n) is 3.63. The molecule has 1 aromatic carbocycles. The van der Waals surface area contributed by atoms with Crippen LogP contribution in [0.15, 0.2) is 29.6 Å². The SMILES string of the molecule is CCNC1CCCCCC1Cc1csc2ccccc12. The molecule has 1 saturated carbocycles. The Morgan fingerprint density at radius 3 is 2.90 bits per heavy atom. The zero-order chi connectivity index (χ0) is 13.8. The van der Waals surface area contributed by atoms with Gasteiger partial charge in [0, 0.05) is 10.7 Å². The molecule has 0 radical (unpaired) electrons. The summed E-state index contributed by atoms with van der Waals surface area (Å²) in [5.74, 6) is 0.815. The van der Waals surface area contributed by atoms with E-state index in [1.54, 1.807) is 5.56 Å². The predicted octanol–water partition coefficient (Wildman–Crippen LogP) is 5.00. The minimum Gasteiger partial charge on any atom is -0.314 e. The van der Waals surface area contributed by atoms with Crippen LogP contribution in [-0.2, 0) is 6.42 Å². The van der Waals surface area contributed by atoms with E-state index in [9.17, 15) is 0 Å². The fraction of sp³-hybridized carbons (Fsp3) is 0.556. The number of hydrogen-bond donors (Lipinski definition) is 1. The summed E-state index contributed by atoms with van der Waals surface area (Å²) in [6, 6.07) is 9.59. The van der Waals surface area contributed by atoms with Gasteiger partial charge in [0.05, 0.1) is 0 Å². The maximum atomic E-state index is 3.74. The predicted molar refractivity (Wildman–Crippen MR) is 89.6 cm³/mol. The summed E-state index contributed by atoms with van der Waals surface area (Å²) < 4.78 is 1.44. The molecule has 1 N–H and O–H groups in total. The van der Waals surface area contributed by atoms with Gasteiger partial charge < -0.3 is 5.32 Å². The zero-order valence-corrected chi connectivity index (χ0v) is 13.2. The summed E-state index contributed by atoms with van der Waals surface area (Å²) in [4.78, 5) is 0. The molecular weight excluding hydrogens is 262 g/mol. The Labute approximate surface area is 126 Å². The first-order valence-corrected chi connectivity index (χ1v) is 8.95. The van der Waals surface area contributed by atoms with Gasteiger partial charge >= 0.3 is 0 Å². The van der Waals surface area contributed by atoms with Crippen molar-refractivity contribution in [2.75, 3.05) is 6.54 Å². The van der Waals surface area contributed by atoms with Crippen molar-refractivity contribution in [1.82, 2.24) is 5.32 Å². The molecule has 0 amide bonds. The molecule has 1 aromatic heterocycles. The van der Waals surface area contributed by atoms with E-state index in [0.717, 1.165) is 18.5 Å². The Kier molecular flexibility index (Phi) is 4.74. The van der Waals surface area contributed by atoms with Crippen LogP contribution < -0.4 is 5.32 Å². The number of thiophene rings is 1. The number of rotatable bonds is 4. The standard InChI is InChI=1S/C18H25NS/c1-2-19-17-10-5-3-4-8-14(17)12-15-13-20-18-11-7-6-9-16(15)18/h6-7,9,11,13-14,17,19H,2-5,8,10,12H2,1H3. The maximum absolute atomic E-state index is 3.74. The van der Waals surface area contributed by atoms with E-state index in [1.807, 2.05) is 11.3 Å². The molecule has 108 valence electrons. The van der Waals surface area contributed by atoms with Crippen LogP contribution >= 0.6 is 11.3 Å². The molecule has 2 aromatic rings. The fourth-order valence-corrected chi connectivity index (χ4v) is 4.61. The molecular formula is C18H25NS. The molecule has 0 bridgehead atoms. The Morgan fingerprint density at radius 2 is 2.00 bits per heavy atom. The highest BCUT2D eigenvalue weighted by Crippen LogP contribution is 2.32. The maximum Gasteiger partial charge on any atom is 0.0345 e. The van der Waals surface area contributed by atoms with Gasteiger partial charge in [0.1, 0.15) is 0 Å². The van der Waals surface area contributed by atoms with Crippen molar-refractivity contribution >= 4 is 21.4 Å². The van der Waals surface area contributed by atoms with E-state index in [-0.39, 0.29) is 0 Å². The Bertz CT molecular complexity index is 545. The number of benzene rings is 1. The third-order valence-corrected chi connectivity index (χ3v) is 5.68. The smallest absolute Gasteiger partial charge is 0.0345 e. The molecule has 0 saturated heterocycles. The van der Waals surface area contributed by atoms with Crippen LogP contribution in [0.1, 0.15) is 44.6 Å². The molecule has 1 fully saturated rings. The van der Waals surface area contributed by atoms with E-state index >= 15 is 0 Å². The molecule has 20 heavy (non-hydrogen) atoms. The van der Waals surface area contributed by atoms with Gasteiger partial charge in [0.25, 0.3) is 0 Å². The zero-order valence-electron chi connectivity index (χ0n) is 12.4. The molecule has 0 spiro atoms. The minimum absolute atomic E-state index is 0.723. The topological polar surface area (TPSA) is 12.0 Å². The quantitative estimate of drug-likeness (QED) is 0.780. The normalized spacial score (nSPS) is 23.9. The second kappa shape index (κ2) is 6.73. The van der Waals surface area contributed by atoms with Gasteiger partial charge in [0.15, 0.2) is 0 Å². The van der Waals surface area contributed by atoms with Gasteiger partial charge in [-0.1, -0.05) is 44.4 Å². The summed E-state index contributed by atoms with van der Waals surface area (Å²) in [5, 5.41) is 7.61. The van der Waals surface area contributed by atoms with Gasteiger partial charge in [-0.3, -0.25) is 0 Å². The Morgan fingerprint density at radius 1 is 1.15 bits per heavy atom. The van der Waals surface area contributed by atoms with E-state index in [1.165, 1.54) is 48.6 Å². The summed E-state index contributed by atoms with van der Waals surface area (Å²) in [6.45, 7) is 3.34. The third kappa shape index (κ3) is 3.07. The molecule has 2 heteroatoms. The molecule has 1 aliphatic carbocycles. The summed E-state index contributed by atoms with van der Waals surface area (Å²) in [5.41, 5.74) is 1.57. The highest BCUT2D eigenvalue weighted by Gasteiger charge is 2.23. The van der Waals surface area contributed by atoms with Gasteiger partial charge in [-0.05, 0) is 54.1 Å². The van der Waals surface area contributed by atoms with Crippen LogP contribution in [0, 0.1) is 5.92 Å². The number of fused-ring (bicyclic) bond motifs is 1. The molecule has 2 atom stereocenters. The lowest BCUT2D eigenvalue weighted by Gasteiger charge is -2.25. The largest absolute Gasteiger partial charge is 0.314 e. The molecule has 2 unspecified atom stereocenters. The second-order valence-corrected chi connectivity index (χ2v) is 6.93. The highest BCUT2D eigenvalue weighted by molar-refractivity contribution is 7.17. The van der Waals surface area contributed by atoms with Crippen molar-refractivity contribution < 1.29 is 0 Å². The number of hydrogen-bond acceptors (Lipinski definition) is 2. The van der Waals surface area contributed by atoms with Gasteiger partial charge in [-0.25, -0.2) is 0 Å². The first-order valence-electron chi connectivity index (χ1n) is 8.07. The first kappa shape index (κ1) is 14.1. The van der Waals surface area contributed by atoms with Crippen molar-refractivity contribution in [2.24, 2.45) is 5.92 Å². The van der Waals surface area contributed by atoms with E-state index in [2.05, 4.69) is 41.9 Å². The lowest BCUT2D eigenvalue weighted by Crippen LogP contribution is -2.36. The van der Waals surface area contributed by atoms with Crippen molar-refractivity contribution in [3.8, 4) is 0 Å². The molecule has 1 nitrogen and oxygen atoms in total. The van der Waals surface area contributed by atoms with Gasteiger partial charge in [-0.2, -0.15) is 0 Å². The van der Waals surface area contributed by atoms with E-state index < -0.39 is 0 Å².